The second-order valence-electron chi connectivity index (χ2n) is 8.06. The lowest BCUT2D eigenvalue weighted by Gasteiger charge is -2.29. The molecule has 1 heterocycles. The molecule has 1 aliphatic heterocycles. The molecule has 0 aromatic heterocycles. The molecule has 1 fully saturated rings. The minimum absolute atomic E-state index is 0.0690. The van der Waals surface area contributed by atoms with E-state index in [0.29, 0.717) is 25.9 Å². The predicted molar refractivity (Wildman–Crippen MR) is 123 cm³/mol. The minimum atomic E-state index is -0.460. The number of nitrogens with zero attached hydrogens (tertiary/aromatic N) is 2. The summed E-state index contributed by atoms with van der Waals surface area (Å²) in [4.78, 5) is 28.3. The van der Waals surface area contributed by atoms with Crippen LogP contribution in [0.5, 0.6) is 0 Å². The third kappa shape index (κ3) is 7.63. The number of rotatable bonds is 9. The molecule has 6 heteroatoms. The lowest BCUT2D eigenvalue weighted by atomic mass is 10.1. The fourth-order valence-electron chi connectivity index (χ4n) is 3.72. The zero-order chi connectivity index (χ0) is 21.9. The summed E-state index contributed by atoms with van der Waals surface area (Å²) < 4.78 is 5.17. The van der Waals surface area contributed by atoms with E-state index in [4.69, 9.17) is 4.74 Å². The van der Waals surface area contributed by atoms with E-state index in [-0.39, 0.29) is 12.5 Å². The molecule has 2 aromatic carbocycles. The molecule has 166 valence electrons. The number of hydrogen-bond donors (Lipinski definition) is 1. The molecule has 1 aliphatic rings. The zero-order valence-corrected chi connectivity index (χ0v) is 18.4. The Kier molecular flexibility index (Phi) is 8.76. The van der Waals surface area contributed by atoms with Crippen molar-refractivity contribution in [1.82, 2.24) is 10.2 Å². The van der Waals surface area contributed by atoms with Gasteiger partial charge in [0.15, 0.2) is 0 Å². The fourth-order valence-corrected chi connectivity index (χ4v) is 3.72. The Labute approximate surface area is 185 Å². The smallest absolute Gasteiger partial charge is 0.407 e. The Morgan fingerprint density at radius 2 is 1.68 bits per heavy atom. The Hall–Kier alpha value is -3.02. The van der Waals surface area contributed by atoms with Gasteiger partial charge in [0.2, 0.25) is 5.91 Å². The maximum atomic E-state index is 12.4. The fraction of sp³-hybridized carbons (Fsp3) is 0.440. The average molecular weight is 424 g/mol. The van der Waals surface area contributed by atoms with Crippen LogP contribution in [0.15, 0.2) is 54.6 Å². The van der Waals surface area contributed by atoms with E-state index >= 15 is 0 Å². The number of alkyl carbamates (subject to hydrolysis) is 1. The Morgan fingerprint density at radius 1 is 0.968 bits per heavy atom. The number of ether oxygens (including phenoxy) is 1. The molecule has 2 aromatic rings. The molecular weight excluding hydrogens is 390 g/mol. The first kappa shape index (κ1) is 22.7. The van der Waals surface area contributed by atoms with Gasteiger partial charge in [0.1, 0.15) is 6.61 Å². The van der Waals surface area contributed by atoms with E-state index in [1.54, 1.807) is 4.90 Å². The van der Waals surface area contributed by atoms with Gasteiger partial charge in [-0.2, -0.15) is 0 Å². The summed E-state index contributed by atoms with van der Waals surface area (Å²) in [6, 6.07) is 18.1. The van der Waals surface area contributed by atoms with Crippen molar-refractivity contribution in [2.24, 2.45) is 0 Å². The van der Waals surface area contributed by atoms with Gasteiger partial charge in [-0.1, -0.05) is 42.5 Å². The second kappa shape index (κ2) is 12.0. The largest absolute Gasteiger partial charge is 0.445 e. The van der Waals surface area contributed by atoms with Crippen LogP contribution in [-0.4, -0.2) is 43.6 Å². The molecule has 0 atom stereocenters. The zero-order valence-electron chi connectivity index (χ0n) is 18.4. The van der Waals surface area contributed by atoms with Crippen molar-refractivity contribution < 1.29 is 14.3 Å². The van der Waals surface area contributed by atoms with Crippen LogP contribution in [0.1, 0.15) is 43.2 Å². The summed E-state index contributed by atoms with van der Waals surface area (Å²) in [5, 5.41) is 2.70. The monoisotopic (exact) mass is 423 g/mol. The Morgan fingerprint density at radius 3 is 2.39 bits per heavy atom. The van der Waals surface area contributed by atoms with Crippen LogP contribution in [0.2, 0.25) is 0 Å². The van der Waals surface area contributed by atoms with Gasteiger partial charge in [0, 0.05) is 45.3 Å². The van der Waals surface area contributed by atoms with Crippen molar-refractivity contribution in [3.63, 3.8) is 0 Å². The Balaban J connectivity index is 1.31. The third-order valence-corrected chi connectivity index (χ3v) is 5.55. The van der Waals surface area contributed by atoms with Crippen LogP contribution in [-0.2, 0) is 22.7 Å². The number of carbonyl (C=O) groups is 2. The van der Waals surface area contributed by atoms with Gasteiger partial charge < -0.3 is 19.9 Å². The van der Waals surface area contributed by atoms with Crippen molar-refractivity contribution in [1.29, 1.82) is 0 Å². The number of carbonyl (C=O) groups excluding carboxylic acids is 2. The van der Waals surface area contributed by atoms with Gasteiger partial charge in [-0.25, -0.2) is 4.79 Å². The minimum Gasteiger partial charge on any atom is -0.445 e. The van der Waals surface area contributed by atoms with Gasteiger partial charge >= 0.3 is 6.09 Å². The van der Waals surface area contributed by atoms with Gasteiger partial charge in [0.05, 0.1) is 0 Å². The highest BCUT2D eigenvalue weighted by molar-refractivity contribution is 5.76. The van der Waals surface area contributed by atoms with Gasteiger partial charge in [-0.3, -0.25) is 4.79 Å². The summed E-state index contributed by atoms with van der Waals surface area (Å²) >= 11 is 0. The Bertz CT molecular complexity index is 818. The third-order valence-electron chi connectivity index (χ3n) is 5.55. The van der Waals surface area contributed by atoms with Gasteiger partial charge in [0.25, 0.3) is 0 Å². The summed E-state index contributed by atoms with van der Waals surface area (Å²) in [7, 11) is 1.82. The summed E-state index contributed by atoms with van der Waals surface area (Å²) in [6.07, 6.45) is 4.36. The molecule has 1 N–H and O–H groups in total. The van der Waals surface area contributed by atoms with Crippen molar-refractivity contribution in [3.8, 4) is 0 Å². The SMILES string of the molecule is CN(Cc1ccc(N2CCCCC2)cc1)C(=O)CCCNC(=O)OCc1ccccc1. The molecule has 0 bridgehead atoms. The standard InChI is InChI=1S/C25H33N3O3/c1-27(19-21-12-14-23(15-13-21)28-17-6-3-7-18-28)24(29)11-8-16-26-25(30)31-20-22-9-4-2-5-10-22/h2,4-5,9-10,12-15H,3,6-8,11,16-20H2,1H3,(H,26,30). The molecule has 2 amide bonds. The maximum absolute atomic E-state index is 12.4. The van der Waals surface area contributed by atoms with Crippen LogP contribution in [0.3, 0.4) is 0 Å². The highest BCUT2D eigenvalue weighted by Gasteiger charge is 2.12. The first-order valence-corrected chi connectivity index (χ1v) is 11.1. The van der Waals surface area contributed by atoms with E-state index in [2.05, 4.69) is 34.5 Å². The van der Waals surface area contributed by atoms with Gasteiger partial charge in [-0.15, -0.1) is 0 Å². The number of piperidine rings is 1. The number of anilines is 1. The molecule has 0 spiro atoms. The second-order valence-corrected chi connectivity index (χ2v) is 8.06. The van der Waals surface area contributed by atoms with Crippen molar-refractivity contribution in [2.75, 3.05) is 31.6 Å². The first-order chi connectivity index (χ1) is 15.1. The molecular formula is C25H33N3O3. The van der Waals surface area contributed by atoms with Crippen LogP contribution in [0.25, 0.3) is 0 Å². The number of amides is 2. The molecule has 6 nitrogen and oxygen atoms in total. The van der Waals surface area contributed by atoms with E-state index in [0.717, 1.165) is 24.2 Å². The maximum Gasteiger partial charge on any atom is 0.407 e. The lowest BCUT2D eigenvalue weighted by molar-refractivity contribution is -0.130. The van der Waals surface area contributed by atoms with Gasteiger partial charge in [-0.05, 0) is 48.9 Å². The molecule has 0 radical (unpaired) electrons. The average Bonchev–Trinajstić information content (AvgIpc) is 2.82. The van der Waals surface area contributed by atoms with Crippen LogP contribution in [0.4, 0.5) is 10.5 Å². The van der Waals surface area contributed by atoms with Crippen molar-refractivity contribution in [2.45, 2.75) is 45.3 Å². The molecule has 1 saturated heterocycles. The summed E-state index contributed by atoms with van der Waals surface area (Å²) in [6.45, 7) is 3.51. The van der Waals surface area contributed by atoms with E-state index in [1.807, 2.05) is 37.4 Å². The predicted octanol–water partition coefficient (Wildman–Crippen LogP) is 4.34. The van der Waals surface area contributed by atoms with Crippen molar-refractivity contribution >= 4 is 17.7 Å². The quantitative estimate of drug-likeness (QED) is 0.610. The topological polar surface area (TPSA) is 61.9 Å². The van der Waals surface area contributed by atoms with E-state index < -0.39 is 6.09 Å². The summed E-state index contributed by atoms with van der Waals surface area (Å²) in [5.41, 5.74) is 3.33. The van der Waals surface area contributed by atoms with Crippen molar-refractivity contribution in [3.05, 3.63) is 65.7 Å². The molecule has 0 unspecified atom stereocenters. The summed E-state index contributed by atoms with van der Waals surface area (Å²) in [5.74, 6) is 0.0690. The first-order valence-electron chi connectivity index (χ1n) is 11.1. The highest BCUT2D eigenvalue weighted by atomic mass is 16.5. The molecule has 31 heavy (non-hydrogen) atoms. The van der Waals surface area contributed by atoms with E-state index in [1.165, 1.54) is 24.9 Å². The number of nitrogens with one attached hydrogen (secondary N) is 1. The molecule has 0 aliphatic carbocycles. The number of hydrogen-bond acceptors (Lipinski definition) is 4. The van der Waals surface area contributed by atoms with E-state index in [9.17, 15) is 9.59 Å². The normalized spacial score (nSPS) is 13.5. The van der Waals surface area contributed by atoms with Crippen LogP contribution in [0, 0.1) is 0 Å². The lowest BCUT2D eigenvalue weighted by Crippen LogP contribution is -2.29. The van der Waals surface area contributed by atoms with Crippen LogP contribution < -0.4 is 10.2 Å². The molecule has 0 saturated carbocycles. The van der Waals surface area contributed by atoms with Crippen LogP contribution >= 0.6 is 0 Å². The molecule has 3 rings (SSSR count). The highest BCUT2D eigenvalue weighted by Crippen LogP contribution is 2.20. The number of benzene rings is 2.